The molecule has 0 aliphatic rings. The third-order valence-electron chi connectivity index (χ3n) is 8.94. The molecule has 5 atom stereocenters. The van der Waals surface area contributed by atoms with Gasteiger partial charge in [-0.1, -0.05) is 102 Å². The van der Waals surface area contributed by atoms with E-state index in [1.165, 1.54) is 14.2 Å². The van der Waals surface area contributed by atoms with Gasteiger partial charge in [0, 0.05) is 17.8 Å². The minimum Gasteiger partial charge on any atom is -0.453 e. The first kappa shape index (κ1) is 45.6. The lowest BCUT2D eigenvalue weighted by Crippen LogP contribution is -2.59. The van der Waals surface area contributed by atoms with E-state index < -0.39 is 79.0 Å². The zero-order valence-electron chi connectivity index (χ0n) is 33.3. The number of aromatic nitrogens is 1. The molecule has 0 saturated heterocycles. The Morgan fingerprint density at radius 3 is 1.70 bits per heavy atom. The van der Waals surface area contributed by atoms with E-state index in [9.17, 15) is 33.5 Å². The number of nitrogens with one attached hydrogen (secondary N) is 4. The Hall–Kier alpha value is -4.82. The summed E-state index contributed by atoms with van der Waals surface area (Å²) in [5.74, 6) is -1.13. The van der Waals surface area contributed by atoms with Crippen molar-refractivity contribution in [1.82, 2.24) is 26.3 Å². The lowest BCUT2D eigenvalue weighted by molar-refractivity contribution is -0.128. The molecule has 0 spiro atoms. The van der Waals surface area contributed by atoms with E-state index >= 15 is 0 Å². The standard InChI is InChI=1S/C40H56N5O10P/c1-39(2,3)33(44-37(48)53-7)35(46)42-29(22-27-17-19-28(20-18-27)30-16-12-13-21-41-30)24-32(55-25-56(50,51)52)31(23-26-14-10-9-11-15-26)43-36(47)34(40(4,5)6)45-38(49)54-8/h9-21,29,31-34H,22-25H2,1-8H3,(H,42,46)(H,43,47)(H,44,48)(H,45,49)(H2,50,51,52)/t29-,31-,32-,33+,34+/m0/s1. The van der Waals surface area contributed by atoms with Crippen molar-refractivity contribution in [2.24, 2.45) is 10.8 Å². The number of nitrogens with zero attached hydrogens (tertiary/aromatic N) is 1. The van der Waals surface area contributed by atoms with Gasteiger partial charge >= 0.3 is 19.8 Å². The molecule has 6 N–H and O–H groups in total. The van der Waals surface area contributed by atoms with E-state index in [1.807, 2.05) is 72.8 Å². The van der Waals surface area contributed by atoms with Gasteiger partial charge in [0.15, 0.2) is 0 Å². The highest BCUT2D eigenvalue weighted by atomic mass is 31.2. The van der Waals surface area contributed by atoms with Crippen molar-refractivity contribution in [3.8, 4) is 11.3 Å². The van der Waals surface area contributed by atoms with Gasteiger partial charge in [-0.25, -0.2) is 9.59 Å². The maximum absolute atomic E-state index is 14.1. The molecule has 56 heavy (non-hydrogen) atoms. The van der Waals surface area contributed by atoms with Crippen LogP contribution in [0.1, 0.15) is 59.1 Å². The molecule has 0 aliphatic heterocycles. The van der Waals surface area contributed by atoms with E-state index in [0.717, 1.165) is 22.4 Å². The number of carbonyl (C=O) groups is 4. The highest BCUT2D eigenvalue weighted by Gasteiger charge is 2.39. The zero-order chi connectivity index (χ0) is 41.7. The summed E-state index contributed by atoms with van der Waals surface area (Å²) in [5.41, 5.74) is 1.66. The Balaban J connectivity index is 2.11. The van der Waals surface area contributed by atoms with Gasteiger partial charge in [-0.05, 0) is 53.4 Å². The normalized spacial score (nSPS) is 14.6. The predicted octanol–water partition coefficient (Wildman–Crippen LogP) is 4.96. The summed E-state index contributed by atoms with van der Waals surface area (Å²) in [6, 6.07) is 18.5. The van der Waals surface area contributed by atoms with Crippen molar-refractivity contribution in [1.29, 1.82) is 0 Å². The molecule has 0 bridgehead atoms. The second kappa shape index (κ2) is 20.4. The van der Waals surface area contributed by atoms with Crippen LogP contribution in [0.15, 0.2) is 79.0 Å². The molecule has 3 aromatic rings. The highest BCUT2D eigenvalue weighted by Crippen LogP contribution is 2.35. The fourth-order valence-corrected chi connectivity index (χ4v) is 6.43. The quantitative estimate of drug-likeness (QED) is 0.101. The molecule has 0 unspecified atom stereocenters. The number of methoxy groups -OCH3 is 2. The van der Waals surface area contributed by atoms with E-state index in [-0.39, 0.29) is 19.3 Å². The number of pyridine rings is 1. The molecular weight excluding hydrogens is 741 g/mol. The first-order valence-corrected chi connectivity index (χ1v) is 20.0. The highest BCUT2D eigenvalue weighted by molar-refractivity contribution is 7.51. The summed E-state index contributed by atoms with van der Waals surface area (Å²) >= 11 is 0. The molecule has 1 aromatic heterocycles. The van der Waals surface area contributed by atoms with Crippen LogP contribution in [-0.4, -0.2) is 89.6 Å². The maximum atomic E-state index is 14.1. The molecule has 306 valence electrons. The van der Waals surface area contributed by atoms with Gasteiger partial charge in [0.25, 0.3) is 0 Å². The fraction of sp³-hybridized carbons (Fsp3) is 0.475. The van der Waals surface area contributed by atoms with Crippen molar-refractivity contribution in [2.75, 3.05) is 20.6 Å². The molecule has 4 amide bonds. The number of alkyl carbamates (subject to hydrolysis) is 2. The van der Waals surface area contributed by atoms with Crippen LogP contribution in [0.4, 0.5) is 9.59 Å². The van der Waals surface area contributed by atoms with Crippen molar-refractivity contribution in [3.05, 3.63) is 90.1 Å². The van der Waals surface area contributed by atoms with Crippen molar-refractivity contribution in [3.63, 3.8) is 0 Å². The van der Waals surface area contributed by atoms with Gasteiger partial charge in [-0.3, -0.25) is 19.1 Å². The van der Waals surface area contributed by atoms with Crippen molar-refractivity contribution < 1.29 is 47.7 Å². The number of carbonyl (C=O) groups excluding carboxylic acids is 4. The second-order valence-electron chi connectivity index (χ2n) is 15.7. The zero-order valence-corrected chi connectivity index (χ0v) is 34.2. The lowest BCUT2D eigenvalue weighted by atomic mass is 9.85. The Morgan fingerprint density at radius 2 is 1.21 bits per heavy atom. The van der Waals surface area contributed by atoms with E-state index in [0.29, 0.717) is 0 Å². The number of hydrogen-bond acceptors (Lipinski definition) is 9. The third-order valence-corrected chi connectivity index (χ3v) is 9.43. The first-order chi connectivity index (χ1) is 26.2. The summed E-state index contributed by atoms with van der Waals surface area (Å²) in [5, 5.41) is 11.2. The smallest absolute Gasteiger partial charge is 0.407 e. The minimum atomic E-state index is -4.74. The molecule has 0 fully saturated rings. The molecule has 0 aliphatic carbocycles. The van der Waals surface area contributed by atoms with E-state index in [1.54, 1.807) is 47.7 Å². The SMILES string of the molecule is COC(=O)N[C@H](C(=O)N[C@@H](Cc1ccc(-c2ccccn2)cc1)C[C@H](OCP(=O)(O)O)[C@H](Cc1ccccc1)NC(=O)[C@@H](NC(=O)OC)C(C)(C)C)C(C)(C)C. The molecule has 2 aromatic carbocycles. The third kappa shape index (κ3) is 15.0. The van der Waals surface area contributed by atoms with Crippen LogP contribution in [0.5, 0.6) is 0 Å². The fourth-order valence-electron chi connectivity index (χ4n) is 6.04. The Kier molecular flexibility index (Phi) is 16.6. The monoisotopic (exact) mass is 797 g/mol. The lowest BCUT2D eigenvalue weighted by Gasteiger charge is -2.36. The number of rotatable bonds is 17. The largest absolute Gasteiger partial charge is 0.453 e. The second-order valence-corrected chi connectivity index (χ2v) is 17.3. The van der Waals surface area contributed by atoms with E-state index in [4.69, 9.17) is 14.2 Å². The minimum absolute atomic E-state index is 0.0504. The van der Waals surface area contributed by atoms with Gasteiger partial charge in [-0.15, -0.1) is 0 Å². The maximum Gasteiger partial charge on any atom is 0.407 e. The molecule has 0 saturated carbocycles. The average molecular weight is 798 g/mol. The van der Waals surface area contributed by atoms with E-state index in [2.05, 4.69) is 26.3 Å². The summed E-state index contributed by atoms with van der Waals surface area (Å²) < 4.78 is 27.9. The average Bonchev–Trinajstić information content (AvgIpc) is 3.13. The topological polar surface area (TPSA) is 215 Å². The van der Waals surface area contributed by atoms with Gasteiger partial charge in [0.1, 0.15) is 18.4 Å². The van der Waals surface area contributed by atoms with Crippen molar-refractivity contribution >= 4 is 31.6 Å². The van der Waals surface area contributed by atoms with Crippen LogP contribution in [0.25, 0.3) is 11.3 Å². The van der Waals surface area contributed by atoms with Crippen molar-refractivity contribution in [2.45, 2.75) is 91.1 Å². The Morgan fingerprint density at radius 1 is 0.696 bits per heavy atom. The number of amides is 4. The summed E-state index contributed by atoms with van der Waals surface area (Å²) in [6.07, 6.45) is -1.68. The molecule has 16 heteroatoms. The molecule has 3 rings (SSSR count). The number of benzene rings is 2. The van der Waals surface area contributed by atoms with Gasteiger partial charge in [0.2, 0.25) is 11.8 Å². The van der Waals surface area contributed by atoms with Crippen LogP contribution >= 0.6 is 7.60 Å². The summed E-state index contributed by atoms with van der Waals surface area (Å²) in [7, 11) is -2.36. The van der Waals surface area contributed by atoms with Crippen LogP contribution in [0.3, 0.4) is 0 Å². The first-order valence-electron chi connectivity index (χ1n) is 18.2. The Bertz CT molecular complexity index is 1780. The molecule has 0 radical (unpaired) electrons. The predicted molar refractivity (Wildman–Crippen MR) is 211 cm³/mol. The molecule has 15 nitrogen and oxygen atoms in total. The summed E-state index contributed by atoms with van der Waals surface area (Å²) in [6.45, 7) is 10.6. The number of ether oxygens (including phenoxy) is 3. The number of hydrogen-bond donors (Lipinski definition) is 6. The molecular formula is C40H56N5O10P. The van der Waals surface area contributed by atoms with Crippen LogP contribution < -0.4 is 21.3 Å². The van der Waals surface area contributed by atoms with Crippen LogP contribution in [-0.2, 0) is 41.2 Å². The Labute approximate surface area is 328 Å². The summed E-state index contributed by atoms with van der Waals surface area (Å²) in [4.78, 5) is 77.1. The van der Waals surface area contributed by atoms with Gasteiger partial charge in [0.05, 0.1) is 32.1 Å². The van der Waals surface area contributed by atoms with Gasteiger partial charge < -0.3 is 45.3 Å². The van der Waals surface area contributed by atoms with Crippen LogP contribution in [0, 0.1) is 10.8 Å². The van der Waals surface area contributed by atoms with Crippen LogP contribution in [0.2, 0.25) is 0 Å². The van der Waals surface area contributed by atoms with Gasteiger partial charge in [-0.2, -0.15) is 0 Å². The molecule has 1 heterocycles.